The number of nitrogens with zero attached hydrogens (tertiary/aromatic N) is 1. The number of carboxylic acid groups (broad SMARTS) is 1. The highest BCUT2D eigenvalue weighted by Gasteiger charge is 2.36. The first-order valence-corrected chi connectivity index (χ1v) is 11.1. The zero-order chi connectivity index (χ0) is 24.4. The summed E-state index contributed by atoms with van der Waals surface area (Å²) in [4.78, 5) is 50.0. The summed E-state index contributed by atoms with van der Waals surface area (Å²) >= 11 is 0.708. The van der Waals surface area contributed by atoms with E-state index >= 15 is 0 Å². The molecule has 8 nitrogen and oxygen atoms in total. The predicted molar refractivity (Wildman–Crippen MR) is 128 cm³/mol. The van der Waals surface area contributed by atoms with Crippen molar-refractivity contribution in [1.82, 2.24) is 4.90 Å². The van der Waals surface area contributed by atoms with Gasteiger partial charge in [-0.15, -0.1) is 0 Å². The zero-order valence-electron chi connectivity index (χ0n) is 18.3. The number of hydrogen-bond donors (Lipinski definition) is 2. The molecule has 9 heteroatoms. The largest absolute Gasteiger partial charge is 0.478 e. The molecule has 1 aliphatic heterocycles. The van der Waals surface area contributed by atoms with Gasteiger partial charge < -0.3 is 14.8 Å². The van der Waals surface area contributed by atoms with Crippen molar-refractivity contribution >= 4 is 46.5 Å². The van der Waals surface area contributed by atoms with Crippen LogP contribution in [0.1, 0.15) is 27.2 Å². The van der Waals surface area contributed by atoms with Gasteiger partial charge in [-0.1, -0.05) is 35.9 Å². The van der Waals surface area contributed by atoms with Crippen LogP contribution >= 0.6 is 11.8 Å². The summed E-state index contributed by atoms with van der Waals surface area (Å²) in [5, 5.41) is 11.5. The molecular formula is C25H20N2O6S. The quantitative estimate of drug-likeness (QED) is 0.484. The van der Waals surface area contributed by atoms with Gasteiger partial charge in [-0.25, -0.2) is 4.79 Å². The Labute approximate surface area is 199 Å². The Bertz CT molecular complexity index is 1360. The van der Waals surface area contributed by atoms with E-state index in [1.807, 2.05) is 26.0 Å². The lowest BCUT2D eigenvalue weighted by atomic mass is 10.1. The Morgan fingerprint density at radius 2 is 1.85 bits per heavy atom. The van der Waals surface area contributed by atoms with Crippen LogP contribution in [0.25, 0.3) is 17.4 Å². The Hall–Kier alpha value is -4.11. The summed E-state index contributed by atoms with van der Waals surface area (Å²) in [5.41, 5.74) is 3.02. The molecule has 0 atom stereocenters. The van der Waals surface area contributed by atoms with Gasteiger partial charge in [0.2, 0.25) is 5.91 Å². The fourth-order valence-corrected chi connectivity index (χ4v) is 4.33. The molecule has 0 aliphatic carbocycles. The van der Waals surface area contributed by atoms with Crippen molar-refractivity contribution in [3.63, 3.8) is 0 Å². The molecule has 1 fully saturated rings. The molecule has 34 heavy (non-hydrogen) atoms. The number of anilines is 1. The van der Waals surface area contributed by atoms with Gasteiger partial charge in [0.15, 0.2) is 0 Å². The van der Waals surface area contributed by atoms with Crippen molar-refractivity contribution in [3.05, 3.63) is 82.0 Å². The average molecular weight is 477 g/mol. The van der Waals surface area contributed by atoms with Crippen molar-refractivity contribution in [2.75, 3.05) is 11.9 Å². The van der Waals surface area contributed by atoms with Gasteiger partial charge in [-0.2, -0.15) is 0 Å². The van der Waals surface area contributed by atoms with Gasteiger partial charge in [0.05, 0.1) is 10.5 Å². The monoisotopic (exact) mass is 476 g/mol. The first-order valence-electron chi connectivity index (χ1n) is 10.3. The second kappa shape index (κ2) is 9.40. The van der Waals surface area contributed by atoms with Crippen LogP contribution in [-0.2, 0) is 9.59 Å². The van der Waals surface area contributed by atoms with Crippen LogP contribution in [0, 0.1) is 13.8 Å². The molecule has 0 unspecified atom stereocenters. The van der Waals surface area contributed by atoms with Crippen molar-refractivity contribution in [2.45, 2.75) is 13.8 Å². The Morgan fingerprint density at radius 3 is 2.59 bits per heavy atom. The number of thioether (sulfide) groups is 1. The number of rotatable bonds is 6. The smallest absolute Gasteiger partial charge is 0.336 e. The van der Waals surface area contributed by atoms with Gasteiger partial charge in [-0.05, 0) is 55.4 Å². The lowest BCUT2D eigenvalue weighted by Gasteiger charge is -2.13. The molecule has 0 bridgehead atoms. The highest BCUT2D eigenvalue weighted by Crippen LogP contribution is 2.34. The van der Waals surface area contributed by atoms with Crippen LogP contribution < -0.4 is 5.32 Å². The number of furan rings is 1. The van der Waals surface area contributed by atoms with E-state index in [-0.39, 0.29) is 16.2 Å². The second-order valence-corrected chi connectivity index (χ2v) is 8.68. The SMILES string of the molecule is Cc1ccc(NC(=O)CN2C(=O)S/C(=C\c3ccc(-c4ccccc4C(=O)O)o3)C2=O)c(C)c1. The fraction of sp³-hybridized carbons (Fsp3) is 0.120. The van der Waals surface area contributed by atoms with E-state index in [2.05, 4.69) is 5.32 Å². The zero-order valence-corrected chi connectivity index (χ0v) is 19.1. The van der Waals surface area contributed by atoms with Crippen LogP contribution in [-0.4, -0.2) is 39.6 Å². The molecule has 0 spiro atoms. The first kappa shape index (κ1) is 23.1. The minimum atomic E-state index is -1.09. The molecule has 2 aromatic carbocycles. The van der Waals surface area contributed by atoms with Crippen LogP contribution in [0.2, 0.25) is 0 Å². The molecule has 1 aromatic heterocycles. The minimum absolute atomic E-state index is 0.0820. The molecule has 4 rings (SSSR count). The highest BCUT2D eigenvalue weighted by molar-refractivity contribution is 8.18. The third kappa shape index (κ3) is 4.79. The number of aryl methyl sites for hydroxylation is 2. The molecule has 1 saturated heterocycles. The highest BCUT2D eigenvalue weighted by atomic mass is 32.2. The maximum Gasteiger partial charge on any atom is 0.336 e. The third-order valence-corrected chi connectivity index (χ3v) is 6.06. The number of carbonyl (C=O) groups excluding carboxylic acids is 3. The number of carbonyl (C=O) groups is 4. The Morgan fingerprint density at radius 1 is 1.09 bits per heavy atom. The first-order chi connectivity index (χ1) is 16.2. The van der Waals surface area contributed by atoms with E-state index in [0.29, 0.717) is 28.8 Å². The van der Waals surface area contributed by atoms with Gasteiger partial charge >= 0.3 is 5.97 Å². The molecule has 1 aliphatic rings. The van der Waals surface area contributed by atoms with E-state index in [1.165, 1.54) is 12.1 Å². The summed E-state index contributed by atoms with van der Waals surface area (Å²) in [6.45, 7) is 3.39. The van der Waals surface area contributed by atoms with Crippen LogP contribution in [0.15, 0.2) is 63.9 Å². The second-order valence-electron chi connectivity index (χ2n) is 7.69. The fourth-order valence-electron chi connectivity index (χ4n) is 3.51. The summed E-state index contributed by atoms with van der Waals surface area (Å²) in [6, 6.07) is 15.1. The molecule has 3 amide bonds. The Balaban J connectivity index is 1.48. The summed E-state index contributed by atoms with van der Waals surface area (Å²) in [7, 11) is 0. The number of aromatic carboxylic acids is 1. The molecule has 2 heterocycles. The lowest BCUT2D eigenvalue weighted by molar-refractivity contribution is -0.127. The average Bonchev–Trinajstić information content (AvgIpc) is 3.36. The normalized spacial score (nSPS) is 14.6. The van der Waals surface area contributed by atoms with Gasteiger partial charge in [0, 0.05) is 17.3 Å². The molecule has 3 aromatic rings. The number of imide groups is 1. The maximum atomic E-state index is 12.8. The van der Waals surface area contributed by atoms with Crippen LogP contribution in [0.5, 0.6) is 0 Å². The maximum absolute atomic E-state index is 12.8. The molecule has 2 N–H and O–H groups in total. The van der Waals surface area contributed by atoms with E-state index < -0.39 is 29.6 Å². The third-order valence-electron chi connectivity index (χ3n) is 5.15. The van der Waals surface area contributed by atoms with Gasteiger partial charge in [0.25, 0.3) is 11.1 Å². The number of nitrogens with one attached hydrogen (secondary N) is 1. The van der Waals surface area contributed by atoms with E-state index in [1.54, 1.807) is 36.4 Å². The minimum Gasteiger partial charge on any atom is -0.478 e. The lowest BCUT2D eigenvalue weighted by Crippen LogP contribution is -2.36. The topological polar surface area (TPSA) is 117 Å². The van der Waals surface area contributed by atoms with Crippen LogP contribution in [0.3, 0.4) is 0 Å². The van der Waals surface area contributed by atoms with Crippen molar-refractivity contribution < 1.29 is 28.7 Å². The molecule has 0 saturated carbocycles. The van der Waals surface area contributed by atoms with Gasteiger partial charge in [0.1, 0.15) is 18.1 Å². The predicted octanol–water partition coefficient (Wildman–Crippen LogP) is 4.94. The number of carboxylic acids is 1. The van der Waals surface area contributed by atoms with E-state index in [4.69, 9.17) is 4.42 Å². The van der Waals surface area contributed by atoms with Gasteiger partial charge in [-0.3, -0.25) is 19.3 Å². The number of amides is 3. The summed E-state index contributed by atoms with van der Waals surface area (Å²) < 4.78 is 5.71. The number of hydrogen-bond acceptors (Lipinski definition) is 6. The summed E-state index contributed by atoms with van der Waals surface area (Å²) in [5.74, 6) is -1.58. The molecule has 0 radical (unpaired) electrons. The molecule has 172 valence electrons. The van der Waals surface area contributed by atoms with Crippen molar-refractivity contribution in [3.8, 4) is 11.3 Å². The molecular weight excluding hydrogens is 456 g/mol. The van der Waals surface area contributed by atoms with Crippen LogP contribution in [0.4, 0.5) is 10.5 Å². The van der Waals surface area contributed by atoms with Crippen molar-refractivity contribution in [1.29, 1.82) is 0 Å². The van der Waals surface area contributed by atoms with Crippen molar-refractivity contribution in [2.24, 2.45) is 0 Å². The number of benzene rings is 2. The Kier molecular flexibility index (Phi) is 6.38. The summed E-state index contributed by atoms with van der Waals surface area (Å²) in [6.07, 6.45) is 1.40. The van der Waals surface area contributed by atoms with E-state index in [0.717, 1.165) is 16.0 Å². The standard InChI is InChI=1S/C25H20N2O6S/c1-14-7-9-19(15(2)11-14)26-22(28)13-27-23(29)21(34-25(27)32)12-16-8-10-20(33-16)17-5-3-4-6-18(17)24(30)31/h3-12H,13H2,1-2H3,(H,26,28)(H,30,31)/b21-12-. The van der Waals surface area contributed by atoms with E-state index in [9.17, 15) is 24.3 Å².